The van der Waals surface area contributed by atoms with E-state index in [0.29, 0.717) is 11.4 Å². The Bertz CT molecular complexity index is 1110. The molecule has 0 radical (unpaired) electrons. The van der Waals surface area contributed by atoms with Gasteiger partial charge >= 0.3 is 5.97 Å². The molecule has 2 aromatic carbocycles. The van der Waals surface area contributed by atoms with Crippen molar-refractivity contribution in [3.8, 4) is 5.69 Å². The van der Waals surface area contributed by atoms with Crippen LogP contribution in [0.2, 0.25) is 5.02 Å². The number of hydrogen-bond acceptors (Lipinski definition) is 5. The van der Waals surface area contributed by atoms with Gasteiger partial charge in [-0.05, 0) is 44.2 Å². The first kappa shape index (κ1) is 20.3. The maximum atomic E-state index is 12.8. The summed E-state index contributed by atoms with van der Waals surface area (Å²) in [5.41, 5.74) is 2.31. The van der Waals surface area contributed by atoms with E-state index in [1.165, 1.54) is 25.3 Å². The molecule has 0 atom stereocenters. The van der Waals surface area contributed by atoms with Crippen molar-refractivity contribution in [3.63, 3.8) is 0 Å². The summed E-state index contributed by atoms with van der Waals surface area (Å²) in [4.78, 5) is 37.1. The SMILES string of the molecule is COC(=O)c1ccc(Cl)c(NC(=O)C(=O)c2c(C)nn(-c3ccccc3)c2C)c1. The molecule has 0 unspecified atom stereocenters. The minimum Gasteiger partial charge on any atom is -0.465 e. The second-order valence-corrected chi connectivity index (χ2v) is 6.67. The number of rotatable bonds is 5. The third-order valence-corrected chi connectivity index (χ3v) is 4.69. The highest BCUT2D eigenvalue weighted by Gasteiger charge is 2.26. The van der Waals surface area contributed by atoms with Crippen molar-refractivity contribution >= 4 is 34.9 Å². The van der Waals surface area contributed by atoms with Crippen molar-refractivity contribution in [2.24, 2.45) is 0 Å². The summed E-state index contributed by atoms with van der Waals surface area (Å²) < 4.78 is 6.27. The monoisotopic (exact) mass is 411 g/mol. The van der Waals surface area contributed by atoms with Crippen molar-refractivity contribution in [1.29, 1.82) is 0 Å². The van der Waals surface area contributed by atoms with Crippen LogP contribution in [0.4, 0.5) is 5.69 Å². The van der Waals surface area contributed by atoms with E-state index in [9.17, 15) is 14.4 Å². The molecular formula is C21H18ClN3O4. The molecule has 3 rings (SSSR count). The summed E-state index contributed by atoms with van der Waals surface area (Å²) in [6.07, 6.45) is 0. The highest BCUT2D eigenvalue weighted by Crippen LogP contribution is 2.24. The first-order chi connectivity index (χ1) is 13.8. The lowest BCUT2D eigenvalue weighted by Gasteiger charge is -2.09. The van der Waals surface area contributed by atoms with E-state index in [1.54, 1.807) is 18.5 Å². The fraction of sp³-hybridized carbons (Fsp3) is 0.143. The van der Waals surface area contributed by atoms with Gasteiger partial charge in [0.05, 0.1) is 46.0 Å². The van der Waals surface area contributed by atoms with Gasteiger partial charge in [0.2, 0.25) is 0 Å². The van der Waals surface area contributed by atoms with Crippen molar-refractivity contribution < 1.29 is 19.1 Å². The number of halogens is 1. The van der Waals surface area contributed by atoms with E-state index in [2.05, 4.69) is 15.2 Å². The lowest BCUT2D eigenvalue weighted by molar-refractivity contribution is -0.112. The molecule has 0 fully saturated rings. The molecule has 0 spiro atoms. The Balaban J connectivity index is 1.90. The molecule has 0 aliphatic rings. The molecule has 0 bridgehead atoms. The number of aromatic nitrogens is 2. The number of anilines is 1. The molecule has 0 aliphatic carbocycles. The summed E-state index contributed by atoms with van der Waals surface area (Å²) in [5, 5.41) is 7.04. The van der Waals surface area contributed by atoms with E-state index in [4.69, 9.17) is 11.6 Å². The number of carbonyl (C=O) groups excluding carboxylic acids is 3. The largest absolute Gasteiger partial charge is 0.465 e. The number of nitrogens with one attached hydrogen (secondary N) is 1. The first-order valence-electron chi connectivity index (χ1n) is 8.68. The Morgan fingerprint density at radius 3 is 2.41 bits per heavy atom. The number of hydrogen-bond donors (Lipinski definition) is 1. The number of ether oxygens (including phenoxy) is 1. The average molecular weight is 412 g/mol. The van der Waals surface area contributed by atoms with E-state index >= 15 is 0 Å². The molecule has 1 N–H and O–H groups in total. The van der Waals surface area contributed by atoms with Crippen LogP contribution in [0.1, 0.15) is 32.1 Å². The smallest absolute Gasteiger partial charge is 0.337 e. The summed E-state index contributed by atoms with van der Waals surface area (Å²) in [7, 11) is 1.24. The van der Waals surface area contributed by atoms with E-state index in [1.807, 2.05) is 30.3 Å². The number of benzene rings is 2. The summed E-state index contributed by atoms with van der Waals surface area (Å²) >= 11 is 6.09. The van der Waals surface area contributed by atoms with Crippen LogP contribution in [-0.4, -0.2) is 34.6 Å². The standard InChI is InChI=1S/C21H18ClN3O4/c1-12-18(13(2)25(24-12)15-7-5-4-6-8-15)19(26)20(27)23-17-11-14(21(28)29-3)9-10-16(17)22/h4-11H,1-3H3,(H,23,27). The number of ketones is 1. The van der Waals surface area contributed by atoms with Crippen molar-refractivity contribution in [3.05, 3.63) is 76.1 Å². The average Bonchev–Trinajstić information content (AvgIpc) is 3.03. The molecule has 0 saturated carbocycles. The number of carbonyl (C=O) groups is 3. The van der Waals surface area contributed by atoms with Crippen LogP contribution in [0, 0.1) is 13.8 Å². The van der Waals surface area contributed by atoms with Crippen molar-refractivity contribution in [2.75, 3.05) is 12.4 Å². The Kier molecular flexibility index (Phi) is 5.79. The molecule has 7 nitrogen and oxygen atoms in total. The first-order valence-corrected chi connectivity index (χ1v) is 9.06. The van der Waals surface area contributed by atoms with Crippen molar-refractivity contribution in [1.82, 2.24) is 9.78 Å². The van der Waals surface area contributed by atoms with Gasteiger partial charge in [0, 0.05) is 0 Å². The minimum absolute atomic E-state index is 0.138. The van der Waals surface area contributed by atoms with Gasteiger partial charge in [0.1, 0.15) is 0 Å². The van der Waals surface area contributed by atoms with E-state index in [-0.39, 0.29) is 21.8 Å². The van der Waals surface area contributed by atoms with Gasteiger partial charge in [-0.25, -0.2) is 9.48 Å². The lowest BCUT2D eigenvalue weighted by atomic mass is 10.1. The highest BCUT2D eigenvalue weighted by atomic mass is 35.5. The van der Waals surface area contributed by atoms with Gasteiger partial charge in [0.25, 0.3) is 11.7 Å². The molecular weight excluding hydrogens is 394 g/mol. The highest BCUT2D eigenvalue weighted by molar-refractivity contribution is 6.47. The molecule has 1 aromatic heterocycles. The third kappa shape index (κ3) is 4.05. The van der Waals surface area contributed by atoms with Crippen molar-refractivity contribution in [2.45, 2.75) is 13.8 Å². The van der Waals surface area contributed by atoms with Crippen LogP contribution in [0.25, 0.3) is 5.69 Å². The molecule has 3 aromatic rings. The zero-order valence-corrected chi connectivity index (χ0v) is 16.8. The lowest BCUT2D eigenvalue weighted by Crippen LogP contribution is -2.24. The normalized spacial score (nSPS) is 10.5. The Hall–Kier alpha value is -3.45. The number of aryl methyl sites for hydroxylation is 1. The molecule has 8 heteroatoms. The summed E-state index contributed by atoms with van der Waals surface area (Å²) in [6, 6.07) is 13.6. The van der Waals surface area contributed by atoms with E-state index in [0.717, 1.165) is 5.69 Å². The maximum Gasteiger partial charge on any atom is 0.337 e. The zero-order chi connectivity index (χ0) is 21.1. The van der Waals surface area contributed by atoms with Crippen LogP contribution in [0.5, 0.6) is 0 Å². The molecule has 0 saturated heterocycles. The Labute approximate surface area is 172 Å². The van der Waals surface area contributed by atoms with Gasteiger partial charge in [0.15, 0.2) is 0 Å². The van der Waals surface area contributed by atoms with Crippen LogP contribution in [0.15, 0.2) is 48.5 Å². The third-order valence-electron chi connectivity index (χ3n) is 4.36. The Morgan fingerprint density at radius 2 is 1.76 bits per heavy atom. The van der Waals surface area contributed by atoms with Gasteiger partial charge in [-0.15, -0.1) is 0 Å². The second-order valence-electron chi connectivity index (χ2n) is 6.26. The van der Waals surface area contributed by atoms with Crippen LogP contribution >= 0.6 is 11.6 Å². The fourth-order valence-corrected chi connectivity index (χ4v) is 3.12. The molecule has 1 amide bonds. The molecule has 1 heterocycles. The molecule has 29 heavy (non-hydrogen) atoms. The number of nitrogens with zero attached hydrogens (tertiary/aromatic N) is 2. The summed E-state index contributed by atoms with van der Waals surface area (Å²) in [6.45, 7) is 3.39. The zero-order valence-electron chi connectivity index (χ0n) is 16.0. The predicted molar refractivity (Wildman–Crippen MR) is 109 cm³/mol. The van der Waals surface area contributed by atoms with Gasteiger partial charge in [-0.2, -0.15) is 5.10 Å². The minimum atomic E-state index is -0.882. The van der Waals surface area contributed by atoms with Crippen LogP contribution in [-0.2, 0) is 9.53 Å². The molecule has 148 valence electrons. The van der Waals surface area contributed by atoms with Gasteiger partial charge in [-0.1, -0.05) is 29.8 Å². The number of esters is 1. The van der Waals surface area contributed by atoms with Crippen LogP contribution in [0.3, 0.4) is 0 Å². The fourth-order valence-electron chi connectivity index (χ4n) is 2.95. The van der Waals surface area contributed by atoms with Gasteiger partial charge in [-0.3, -0.25) is 9.59 Å². The van der Waals surface area contributed by atoms with E-state index < -0.39 is 17.7 Å². The topological polar surface area (TPSA) is 90.3 Å². The number of Topliss-reactive ketones (excluding diaryl/α,β-unsaturated/α-hetero) is 1. The number of methoxy groups -OCH3 is 1. The predicted octanol–water partition coefficient (Wildman–Crippen LogP) is 3.75. The maximum absolute atomic E-state index is 12.8. The van der Waals surface area contributed by atoms with Crippen LogP contribution < -0.4 is 5.32 Å². The number of amides is 1. The Morgan fingerprint density at radius 1 is 1.07 bits per heavy atom. The summed E-state index contributed by atoms with van der Waals surface area (Å²) in [5.74, 6) is -2.21. The number of para-hydroxylation sites is 1. The van der Waals surface area contributed by atoms with Gasteiger partial charge < -0.3 is 10.1 Å². The molecule has 0 aliphatic heterocycles. The second kappa shape index (κ2) is 8.28. The quantitative estimate of drug-likeness (QED) is 0.392.